The molecule has 0 heterocycles. The highest BCUT2D eigenvalue weighted by molar-refractivity contribution is 6.25. The van der Waals surface area contributed by atoms with Crippen molar-refractivity contribution in [2.45, 2.75) is 0 Å². The van der Waals surface area contributed by atoms with E-state index < -0.39 is 0 Å². The maximum atomic E-state index is 6.01. The molecule has 0 saturated heterocycles. The number of fused-ring (bicyclic) bond motifs is 6. The maximum Gasteiger partial charge on any atom is 0.0320 e. The van der Waals surface area contributed by atoms with Crippen molar-refractivity contribution in [3.05, 3.63) is 115 Å². The van der Waals surface area contributed by atoms with E-state index in [4.69, 9.17) is 5.73 Å². The van der Waals surface area contributed by atoms with Gasteiger partial charge >= 0.3 is 0 Å². The molecule has 146 valence electrons. The molecule has 0 aliphatic rings. The van der Waals surface area contributed by atoms with Crippen molar-refractivity contribution in [2.75, 3.05) is 5.73 Å². The minimum atomic E-state index is 0.784. The fourth-order valence-electron chi connectivity index (χ4n) is 4.68. The molecule has 0 bridgehead atoms. The summed E-state index contributed by atoms with van der Waals surface area (Å²) in [5, 5.41) is 7.80. The van der Waals surface area contributed by atoms with Gasteiger partial charge in [-0.2, -0.15) is 0 Å². The maximum absolute atomic E-state index is 6.01. The van der Waals surface area contributed by atoms with Crippen molar-refractivity contribution in [1.82, 2.24) is 0 Å². The summed E-state index contributed by atoms with van der Waals surface area (Å²) >= 11 is 0. The number of benzene rings is 6. The summed E-state index contributed by atoms with van der Waals surface area (Å²) in [5.74, 6) is 0. The highest BCUT2D eigenvalue weighted by atomic mass is 14.5. The predicted octanol–water partition coefficient (Wildman–Crippen LogP) is 8.06. The zero-order chi connectivity index (χ0) is 20.8. The van der Waals surface area contributed by atoms with Crippen molar-refractivity contribution in [3.8, 4) is 22.3 Å². The highest BCUT2D eigenvalue weighted by Gasteiger charge is 2.10. The van der Waals surface area contributed by atoms with E-state index in [0.717, 1.165) is 11.3 Å². The molecule has 2 N–H and O–H groups in total. The van der Waals surface area contributed by atoms with Crippen LogP contribution in [0.15, 0.2) is 115 Å². The first-order chi connectivity index (χ1) is 15.3. The Kier molecular flexibility index (Phi) is 4.00. The van der Waals surface area contributed by atoms with Gasteiger partial charge < -0.3 is 5.73 Å². The number of rotatable bonds is 2. The SMILES string of the molecule is Nc1cccc(-c2cccc(-c3ccc4c5ccccc5c5ccccc5c4c3)c2)c1. The normalized spacial score (nSPS) is 11.4. The van der Waals surface area contributed by atoms with Crippen LogP contribution in [0.2, 0.25) is 0 Å². The van der Waals surface area contributed by atoms with Gasteiger partial charge in [-0.15, -0.1) is 0 Å². The minimum absolute atomic E-state index is 0.784. The fraction of sp³-hybridized carbons (Fsp3) is 0. The molecule has 0 fully saturated rings. The van der Waals surface area contributed by atoms with Gasteiger partial charge in [0, 0.05) is 5.69 Å². The monoisotopic (exact) mass is 395 g/mol. The first-order valence-electron chi connectivity index (χ1n) is 10.6. The second-order valence-electron chi connectivity index (χ2n) is 8.06. The molecule has 0 amide bonds. The number of nitrogen functional groups attached to an aromatic ring is 1. The molecule has 6 rings (SSSR count). The number of hydrogen-bond donors (Lipinski definition) is 1. The van der Waals surface area contributed by atoms with E-state index in [1.54, 1.807) is 0 Å². The lowest BCUT2D eigenvalue weighted by Crippen LogP contribution is -1.87. The van der Waals surface area contributed by atoms with Gasteiger partial charge in [-0.1, -0.05) is 91.0 Å². The topological polar surface area (TPSA) is 26.0 Å². The predicted molar refractivity (Wildman–Crippen MR) is 134 cm³/mol. The van der Waals surface area contributed by atoms with Crippen molar-refractivity contribution in [2.24, 2.45) is 0 Å². The third kappa shape index (κ3) is 2.94. The third-order valence-electron chi connectivity index (χ3n) is 6.16. The van der Waals surface area contributed by atoms with Crippen LogP contribution in [-0.2, 0) is 0 Å². The Balaban J connectivity index is 1.59. The molecule has 6 aromatic rings. The van der Waals surface area contributed by atoms with E-state index in [0.29, 0.717) is 0 Å². The molecule has 31 heavy (non-hydrogen) atoms. The molecule has 0 aliphatic carbocycles. The summed E-state index contributed by atoms with van der Waals surface area (Å²) in [5.41, 5.74) is 11.5. The third-order valence-corrected chi connectivity index (χ3v) is 6.16. The van der Waals surface area contributed by atoms with Crippen molar-refractivity contribution < 1.29 is 0 Å². The molecule has 0 aromatic heterocycles. The number of hydrogen-bond acceptors (Lipinski definition) is 1. The molecule has 0 saturated carbocycles. The molecule has 1 nitrogen and oxygen atoms in total. The Labute approximate surface area is 181 Å². The summed E-state index contributed by atoms with van der Waals surface area (Å²) in [6.07, 6.45) is 0. The van der Waals surface area contributed by atoms with Gasteiger partial charge in [-0.05, 0) is 78.8 Å². The summed E-state index contributed by atoms with van der Waals surface area (Å²) in [4.78, 5) is 0. The summed E-state index contributed by atoms with van der Waals surface area (Å²) in [6, 6.07) is 41.0. The molecule has 0 aliphatic heterocycles. The van der Waals surface area contributed by atoms with Crippen molar-refractivity contribution in [3.63, 3.8) is 0 Å². The first kappa shape index (κ1) is 17.7. The van der Waals surface area contributed by atoms with Gasteiger partial charge in [0.05, 0.1) is 0 Å². The standard InChI is InChI=1S/C30H21N/c31-24-10-6-9-22(18-24)20-7-5-8-21(17-20)23-15-16-29-27-13-2-1-11-25(27)26-12-3-4-14-28(26)30(29)19-23/h1-19H,31H2. The average molecular weight is 396 g/mol. The van der Waals surface area contributed by atoms with E-state index in [9.17, 15) is 0 Å². The van der Waals surface area contributed by atoms with Gasteiger partial charge in [0.2, 0.25) is 0 Å². The van der Waals surface area contributed by atoms with Gasteiger partial charge in [0.15, 0.2) is 0 Å². The smallest absolute Gasteiger partial charge is 0.0320 e. The summed E-state index contributed by atoms with van der Waals surface area (Å²) < 4.78 is 0. The Morgan fingerprint density at radius 3 is 1.35 bits per heavy atom. The molecule has 6 aromatic carbocycles. The van der Waals surface area contributed by atoms with Crippen LogP contribution < -0.4 is 5.73 Å². The number of nitrogens with two attached hydrogens (primary N) is 1. The van der Waals surface area contributed by atoms with Gasteiger partial charge in [0.25, 0.3) is 0 Å². The molecule has 0 unspecified atom stereocenters. The van der Waals surface area contributed by atoms with E-state index in [1.165, 1.54) is 49.0 Å². The van der Waals surface area contributed by atoms with Gasteiger partial charge in [-0.3, -0.25) is 0 Å². The first-order valence-corrected chi connectivity index (χ1v) is 10.6. The second kappa shape index (κ2) is 7.00. The van der Waals surface area contributed by atoms with E-state index in [-0.39, 0.29) is 0 Å². The van der Waals surface area contributed by atoms with E-state index in [1.807, 2.05) is 18.2 Å². The van der Waals surface area contributed by atoms with Crippen LogP contribution in [0.5, 0.6) is 0 Å². The molecular weight excluding hydrogens is 374 g/mol. The Hall–Kier alpha value is -4.10. The zero-order valence-corrected chi connectivity index (χ0v) is 17.0. The molecule has 0 spiro atoms. The van der Waals surface area contributed by atoms with Crippen LogP contribution >= 0.6 is 0 Å². The highest BCUT2D eigenvalue weighted by Crippen LogP contribution is 2.37. The van der Waals surface area contributed by atoms with Crippen LogP contribution in [-0.4, -0.2) is 0 Å². The molecule has 1 heteroatoms. The van der Waals surface area contributed by atoms with E-state index >= 15 is 0 Å². The van der Waals surface area contributed by atoms with Crippen molar-refractivity contribution in [1.29, 1.82) is 0 Å². The van der Waals surface area contributed by atoms with Gasteiger partial charge in [-0.25, -0.2) is 0 Å². The van der Waals surface area contributed by atoms with Crippen LogP contribution in [0.4, 0.5) is 5.69 Å². The second-order valence-corrected chi connectivity index (χ2v) is 8.06. The van der Waals surface area contributed by atoms with Crippen molar-refractivity contribution >= 4 is 38.0 Å². The lowest BCUT2D eigenvalue weighted by Gasteiger charge is -2.12. The molecule has 0 radical (unpaired) electrons. The van der Waals surface area contributed by atoms with Crippen LogP contribution in [0.1, 0.15) is 0 Å². The van der Waals surface area contributed by atoms with Crippen LogP contribution in [0.3, 0.4) is 0 Å². The lowest BCUT2D eigenvalue weighted by molar-refractivity contribution is 1.60. The minimum Gasteiger partial charge on any atom is -0.399 e. The Morgan fingerprint density at radius 1 is 0.323 bits per heavy atom. The average Bonchev–Trinajstić information content (AvgIpc) is 2.84. The van der Waals surface area contributed by atoms with Gasteiger partial charge in [0.1, 0.15) is 0 Å². The largest absolute Gasteiger partial charge is 0.399 e. The van der Waals surface area contributed by atoms with E-state index in [2.05, 4.69) is 97.1 Å². The van der Waals surface area contributed by atoms with Crippen LogP contribution in [0.25, 0.3) is 54.6 Å². The molecule has 0 atom stereocenters. The lowest BCUT2D eigenvalue weighted by atomic mass is 9.91. The quantitative estimate of drug-likeness (QED) is 0.233. The zero-order valence-electron chi connectivity index (χ0n) is 17.0. The summed E-state index contributed by atoms with van der Waals surface area (Å²) in [6.45, 7) is 0. The Morgan fingerprint density at radius 2 is 0.774 bits per heavy atom. The Bertz CT molecular complexity index is 1560. The molecular formula is C30H21N. The number of anilines is 1. The van der Waals surface area contributed by atoms with Crippen LogP contribution in [0, 0.1) is 0 Å². The fourth-order valence-corrected chi connectivity index (χ4v) is 4.68. The summed E-state index contributed by atoms with van der Waals surface area (Å²) in [7, 11) is 0.